The minimum atomic E-state index is 0.509. The third-order valence-corrected chi connectivity index (χ3v) is 7.68. The quantitative estimate of drug-likeness (QED) is 0.797. The fourth-order valence-electron chi connectivity index (χ4n) is 7.22. The number of aryl methyl sites for hydroxylation is 1. The highest BCUT2D eigenvalue weighted by atomic mass is 32.1. The summed E-state index contributed by atoms with van der Waals surface area (Å²) >= 11 is 2.00. The van der Waals surface area contributed by atoms with Crippen molar-refractivity contribution in [3.8, 4) is 0 Å². The third-order valence-electron chi connectivity index (χ3n) is 6.62. The Bertz CT molecular complexity index is 542. The van der Waals surface area contributed by atoms with E-state index in [9.17, 15) is 0 Å². The van der Waals surface area contributed by atoms with E-state index in [4.69, 9.17) is 0 Å². The number of nitrogens with one attached hydrogen (secondary N) is 1. The highest BCUT2D eigenvalue weighted by Crippen LogP contribution is 2.72. The van der Waals surface area contributed by atoms with Crippen LogP contribution in [0.2, 0.25) is 0 Å². The van der Waals surface area contributed by atoms with E-state index in [2.05, 4.69) is 45.3 Å². The van der Waals surface area contributed by atoms with Gasteiger partial charge in [-0.05, 0) is 86.8 Å². The van der Waals surface area contributed by atoms with Gasteiger partial charge in [-0.3, -0.25) is 0 Å². The van der Waals surface area contributed by atoms with Crippen LogP contribution >= 0.6 is 11.3 Å². The van der Waals surface area contributed by atoms with Crippen molar-refractivity contribution in [3.05, 3.63) is 21.9 Å². The van der Waals surface area contributed by atoms with Gasteiger partial charge in [-0.2, -0.15) is 0 Å². The van der Waals surface area contributed by atoms with Crippen LogP contribution in [-0.2, 0) is 0 Å². The molecule has 2 heteroatoms. The number of hydrogen-bond donors (Lipinski definition) is 1. The molecule has 0 amide bonds. The maximum absolute atomic E-state index is 3.73. The predicted molar refractivity (Wildman–Crippen MR) is 90.7 cm³/mol. The van der Waals surface area contributed by atoms with Crippen molar-refractivity contribution < 1.29 is 0 Å². The lowest BCUT2D eigenvalue weighted by Gasteiger charge is -2.67. The molecule has 3 unspecified atom stereocenters. The topological polar surface area (TPSA) is 12.0 Å². The van der Waals surface area contributed by atoms with Crippen LogP contribution in [0.1, 0.15) is 68.2 Å². The van der Waals surface area contributed by atoms with Crippen molar-refractivity contribution in [1.29, 1.82) is 0 Å². The number of rotatable bonds is 3. The zero-order valence-electron chi connectivity index (χ0n) is 14.0. The van der Waals surface area contributed by atoms with Crippen molar-refractivity contribution in [2.45, 2.75) is 65.3 Å². The second-order valence-electron chi connectivity index (χ2n) is 9.16. The summed E-state index contributed by atoms with van der Waals surface area (Å²) in [5.41, 5.74) is 1.72. The molecule has 116 valence electrons. The summed E-state index contributed by atoms with van der Waals surface area (Å²) in [5, 5.41) is 3.73. The van der Waals surface area contributed by atoms with Crippen LogP contribution in [-0.4, -0.2) is 7.05 Å². The van der Waals surface area contributed by atoms with Gasteiger partial charge in [0.25, 0.3) is 0 Å². The summed E-state index contributed by atoms with van der Waals surface area (Å²) in [7, 11) is 2.18. The SMILES string of the molecule is CNC(c1ccc(C)s1)C12CC3CC(C)(CC(C)(C3)C1)C2. The Labute approximate surface area is 133 Å². The minimum Gasteiger partial charge on any atom is -0.312 e. The van der Waals surface area contributed by atoms with Gasteiger partial charge in [0.15, 0.2) is 0 Å². The first-order valence-electron chi connectivity index (χ1n) is 8.59. The van der Waals surface area contributed by atoms with Gasteiger partial charge in [-0.15, -0.1) is 11.3 Å². The van der Waals surface area contributed by atoms with Gasteiger partial charge in [0.05, 0.1) is 0 Å². The third kappa shape index (κ3) is 2.13. The zero-order valence-corrected chi connectivity index (χ0v) is 14.8. The monoisotopic (exact) mass is 303 g/mol. The summed E-state index contributed by atoms with van der Waals surface area (Å²) in [5.74, 6) is 0.980. The summed E-state index contributed by atoms with van der Waals surface area (Å²) < 4.78 is 0. The maximum Gasteiger partial charge on any atom is 0.0470 e. The fourth-order valence-corrected chi connectivity index (χ4v) is 8.35. The van der Waals surface area contributed by atoms with Crippen LogP contribution in [0.25, 0.3) is 0 Å². The highest BCUT2D eigenvalue weighted by molar-refractivity contribution is 7.12. The van der Waals surface area contributed by atoms with E-state index in [0.717, 1.165) is 5.92 Å². The predicted octanol–water partition coefficient (Wildman–Crippen LogP) is 5.31. The Morgan fingerprint density at radius 1 is 1.10 bits per heavy atom. The molecule has 1 N–H and O–H groups in total. The smallest absolute Gasteiger partial charge is 0.0470 e. The Morgan fingerprint density at radius 2 is 1.76 bits per heavy atom. The van der Waals surface area contributed by atoms with Crippen molar-refractivity contribution in [3.63, 3.8) is 0 Å². The molecule has 4 saturated carbocycles. The minimum absolute atomic E-state index is 0.509. The second kappa shape index (κ2) is 4.35. The molecule has 21 heavy (non-hydrogen) atoms. The van der Waals surface area contributed by atoms with E-state index in [1.807, 2.05) is 11.3 Å². The summed E-state index contributed by atoms with van der Waals surface area (Å²) in [6, 6.07) is 5.25. The molecule has 1 aromatic heterocycles. The van der Waals surface area contributed by atoms with Gasteiger partial charge >= 0.3 is 0 Å². The first kappa shape index (κ1) is 14.3. The molecule has 1 nitrogen and oxygen atoms in total. The van der Waals surface area contributed by atoms with E-state index in [1.165, 1.54) is 43.4 Å². The molecule has 4 bridgehead atoms. The van der Waals surface area contributed by atoms with E-state index in [0.29, 0.717) is 22.3 Å². The lowest BCUT2D eigenvalue weighted by atomic mass is 9.39. The average molecular weight is 304 g/mol. The largest absolute Gasteiger partial charge is 0.312 e. The Kier molecular flexibility index (Phi) is 2.96. The normalized spacial score (nSPS) is 46.0. The molecule has 0 spiro atoms. The summed E-state index contributed by atoms with van der Waals surface area (Å²) in [4.78, 5) is 3.02. The summed E-state index contributed by atoms with van der Waals surface area (Å²) in [6.45, 7) is 7.40. The van der Waals surface area contributed by atoms with Crippen molar-refractivity contribution in [2.75, 3.05) is 7.05 Å². The van der Waals surface area contributed by atoms with E-state index in [-0.39, 0.29) is 0 Å². The summed E-state index contributed by atoms with van der Waals surface area (Å²) in [6.07, 6.45) is 8.79. The van der Waals surface area contributed by atoms with Gasteiger partial charge < -0.3 is 5.32 Å². The van der Waals surface area contributed by atoms with Gasteiger partial charge in [0.1, 0.15) is 0 Å². The zero-order chi connectivity index (χ0) is 14.9. The first-order chi connectivity index (χ1) is 9.85. The van der Waals surface area contributed by atoms with E-state index in [1.54, 1.807) is 4.88 Å². The molecule has 4 aliphatic rings. The van der Waals surface area contributed by atoms with Gasteiger partial charge in [0.2, 0.25) is 0 Å². The molecule has 0 saturated heterocycles. The fraction of sp³-hybridized carbons (Fsp3) is 0.789. The average Bonchev–Trinajstić information content (AvgIpc) is 2.71. The molecule has 4 fully saturated rings. The first-order valence-corrected chi connectivity index (χ1v) is 9.41. The standard InChI is InChI=1S/C19H29NS/c1-13-5-6-15(21-13)16(20-4)19-9-14-7-17(2,11-19)10-18(3,8-14)12-19/h5-6,14,16,20H,7-12H2,1-4H3. The molecule has 0 aromatic carbocycles. The number of thiophene rings is 1. The molecular weight excluding hydrogens is 274 g/mol. The molecule has 1 aromatic rings. The molecule has 0 aliphatic heterocycles. The highest BCUT2D eigenvalue weighted by Gasteiger charge is 2.62. The molecule has 4 aliphatic carbocycles. The lowest BCUT2D eigenvalue weighted by molar-refractivity contribution is -0.157. The Balaban J connectivity index is 1.75. The Morgan fingerprint density at radius 3 is 2.24 bits per heavy atom. The van der Waals surface area contributed by atoms with E-state index >= 15 is 0 Å². The molecule has 1 heterocycles. The Hall–Kier alpha value is -0.340. The van der Waals surface area contributed by atoms with Crippen LogP contribution in [0.4, 0.5) is 0 Å². The van der Waals surface area contributed by atoms with Gasteiger partial charge in [0, 0.05) is 15.8 Å². The second-order valence-corrected chi connectivity index (χ2v) is 10.5. The van der Waals surface area contributed by atoms with Crippen LogP contribution in [0.5, 0.6) is 0 Å². The molecular formula is C19H29NS. The van der Waals surface area contributed by atoms with Crippen LogP contribution in [0.3, 0.4) is 0 Å². The maximum atomic E-state index is 3.73. The van der Waals surface area contributed by atoms with Crippen molar-refractivity contribution in [2.24, 2.45) is 22.2 Å². The number of hydrogen-bond acceptors (Lipinski definition) is 2. The van der Waals surface area contributed by atoms with Crippen LogP contribution < -0.4 is 5.32 Å². The van der Waals surface area contributed by atoms with Gasteiger partial charge in [-0.1, -0.05) is 13.8 Å². The lowest BCUT2D eigenvalue weighted by Crippen LogP contribution is -2.58. The molecule has 5 rings (SSSR count). The molecule has 3 atom stereocenters. The van der Waals surface area contributed by atoms with Crippen LogP contribution in [0.15, 0.2) is 12.1 Å². The van der Waals surface area contributed by atoms with E-state index < -0.39 is 0 Å². The van der Waals surface area contributed by atoms with Crippen molar-refractivity contribution >= 4 is 11.3 Å². The van der Waals surface area contributed by atoms with Gasteiger partial charge in [-0.25, -0.2) is 0 Å². The van der Waals surface area contributed by atoms with Crippen LogP contribution in [0, 0.1) is 29.1 Å². The molecule has 0 radical (unpaired) electrons. The van der Waals surface area contributed by atoms with Crippen molar-refractivity contribution in [1.82, 2.24) is 5.32 Å².